The van der Waals surface area contributed by atoms with E-state index in [2.05, 4.69) is 21.9 Å². The molecule has 0 saturated carbocycles. The van der Waals surface area contributed by atoms with Crippen molar-refractivity contribution in [2.75, 3.05) is 24.6 Å². The summed E-state index contributed by atoms with van der Waals surface area (Å²) in [6.45, 7) is 8.86. The van der Waals surface area contributed by atoms with Gasteiger partial charge in [0.1, 0.15) is 17.8 Å². The van der Waals surface area contributed by atoms with Gasteiger partial charge in [-0.25, -0.2) is 9.97 Å². The lowest BCUT2D eigenvalue weighted by atomic mass is 9.97. The number of nitrogen functional groups attached to an aromatic ring is 1. The van der Waals surface area contributed by atoms with Gasteiger partial charge in [0.2, 0.25) is 0 Å². The van der Waals surface area contributed by atoms with Crippen LogP contribution in [0.25, 0.3) is 33.4 Å². The highest BCUT2D eigenvalue weighted by atomic mass is 16.3. The van der Waals surface area contributed by atoms with Gasteiger partial charge in [0.15, 0.2) is 0 Å². The van der Waals surface area contributed by atoms with E-state index in [1.807, 2.05) is 48.0 Å². The summed E-state index contributed by atoms with van der Waals surface area (Å²) in [6, 6.07) is 14.8. The number of benzene rings is 2. The highest BCUT2D eigenvalue weighted by Gasteiger charge is 2.23. The normalized spacial score (nSPS) is 11.4. The first-order chi connectivity index (χ1) is 17.9. The summed E-state index contributed by atoms with van der Waals surface area (Å²) in [5, 5.41) is 13.6. The van der Waals surface area contributed by atoms with Crippen LogP contribution in [0.2, 0.25) is 0 Å². The van der Waals surface area contributed by atoms with Gasteiger partial charge in [0.05, 0.1) is 16.7 Å². The summed E-state index contributed by atoms with van der Waals surface area (Å²) in [7, 11) is 3.57. The quantitative estimate of drug-likeness (QED) is 0.318. The van der Waals surface area contributed by atoms with E-state index >= 15 is 0 Å². The first-order valence-electron chi connectivity index (χ1n) is 12.1. The number of carbonyl (C=O) groups excluding carboxylic acids is 2. The van der Waals surface area contributed by atoms with Crippen molar-refractivity contribution in [2.45, 2.75) is 26.4 Å². The van der Waals surface area contributed by atoms with Gasteiger partial charge < -0.3 is 25.6 Å². The topological polar surface area (TPSA) is 126 Å². The number of amides is 2. The van der Waals surface area contributed by atoms with Gasteiger partial charge in [0, 0.05) is 43.0 Å². The minimum atomic E-state index is -0.997. The maximum Gasteiger partial charge on any atom is 0.253 e. The number of hydrogen-bond donors (Lipinski definition) is 3. The summed E-state index contributed by atoms with van der Waals surface area (Å²) in [4.78, 5) is 35.1. The Morgan fingerprint density at radius 3 is 2.26 bits per heavy atom. The van der Waals surface area contributed by atoms with Crippen LogP contribution in [-0.2, 0) is 11.8 Å². The van der Waals surface area contributed by atoms with Gasteiger partial charge in [-0.05, 0) is 56.2 Å². The van der Waals surface area contributed by atoms with Gasteiger partial charge >= 0.3 is 0 Å². The summed E-state index contributed by atoms with van der Waals surface area (Å²) >= 11 is 0. The van der Waals surface area contributed by atoms with Crippen LogP contribution in [0, 0.1) is 0 Å². The predicted molar refractivity (Wildman–Crippen MR) is 150 cm³/mol. The van der Waals surface area contributed by atoms with E-state index < -0.39 is 5.60 Å². The molecule has 0 spiro atoms. The molecule has 9 nitrogen and oxygen atoms in total. The Bertz CT molecular complexity index is 1530. The second-order valence-corrected chi connectivity index (χ2v) is 10.1. The fourth-order valence-electron chi connectivity index (χ4n) is 4.50. The van der Waals surface area contributed by atoms with Crippen LogP contribution < -0.4 is 11.1 Å². The minimum Gasteiger partial charge on any atom is -0.389 e. The molecule has 0 aliphatic carbocycles. The van der Waals surface area contributed by atoms with E-state index in [4.69, 9.17) is 5.73 Å². The van der Waals surface area contributed by atoms with Crippen molar-refractivity contribution in [3.63, 3.8) is 0 Å². The van der Waals surface area contributed by atoms with E-state index in [9.17, 15) is 14.7 Å². The van der Waals surface area contributed by atoms with E-state index in [1.165, 1.54) is 11.2 Å². The lowest BCUT2D eigenvalue weighted by Gasteiger charge is -2.25. The monoisotopic (exact) mass is 512 g/mol. The lowest BCUT2D eigenvalue weighted by Crippen LogP contribution is -2.39. The van der Waals surface area contributed by atoms with Crippen molar-refractivity contribution in [3.05, 3.63) is 72.6 Å². The van der Waals surface area contributed by atoms with Gasteiger partial charge in [-0.3, -0.25) is 9.59 Å². The smallest absolute Gasteiger partial charge is 0.253 e. The third-order valence-electron chi connectivity index (χ3n) is 6.19. The predicted octanol–water partition coefficient (Wildman–Crippen LogP) is 4.24. The number of aryl methyl sites for hydroxylation is 1. The largest absolute Gasteiger partial charge is 0.389 e. The second-order valence-electron chi connectivity index (χ2n) is 10.1. The zero-order valence-electron chi connectivity index (χ0n) is 22.2. The van der Waals surface area contributed by atoms with Crippen molar-refractivity contribution in [3.8, 4) is 22.4 Å². The van der Waals surface area contributed by atoms with Crippen LogP contribution in [-0.4, -0.2) is 55.5 Å². The number of nitrogens with two attached hydrogens (primary N) is 1. The standard InChI is InChI=1S/C29H32N6O3/c1-17(2)27(36)33-21-13-11-19(12-14-21)24-22(23-25(30)31-16-32-26(23)35(24)6)18-7-9-20(10-8-18)28(37)34(5)15-29(3,4)38/h7-14,16,38H,1,15H2,2-6H3,(H,33,36)(H2,30,31,32). The summed E-state index contributed by atoms with van der Waals surface area (Å²) < 4.78 is 1.96. The number of rotatable bonds is 7. The van der Waals surface area contributed by atoms with Gasteiger partial charge in [0.25, 0.3) is 11.8 Å². The Hall–Kier alpha value is -4.50. The number of anilines is 2. The molecule has 38 heavy (non-hydrogen) atoms. The summed E-state index contributed by atoms with van der Waals surface area (Å²) in [5.41, 5.74) is 11.0. The molecule has 4 rings (SSSR count). The number of aliphatic hydroxyl groups is 1. The minimum absolute atomic E-state index is 0.188. The molecule has 2 amide bonds. The molecule has 2 aromatic carbocycles. The number of nitrogens with zero attached hydrogens (tertiary/aromatic N) is 4. The molecule has 0 aliphatic rings. The Balaban J connectivity index is 1.78. The van der Waals surface area contributed by atoms with E-state index in [1.54, 1.807) is 40.0 Å². The fraction of sp³-hybridized carbons (Fsp3) is 0.241. The number of likely N-dealkylation sites (N-methyl/N-ethyl adjacent to an activating group) is 1. The van der Waals surface area contributed by atoms with E-state index in [0.717, 1.165) is 22.4 Å². The first-order valence-corrected chi connectivity index (χ1v) is 12.1. The van der Waals surface area contributed by atoms with Crippen LogP contribution in [0.4, 0.5) is 11.5 Å². The van der Waals surface area contributed by atoms with Crippen LogP contribution in [0.3, 0.4) is 0 Å². The summed E-state index contributed by atoms with van der Waals surface area (Å²) in [6.07, 6.45) is 1.43. The number of aromatic nitrogens is 3. The van der Waals surface area contributed by atoms with Gasteiger partial charge in [-0.2, -0.15) is 0 Å². The van der Waals surface area contributed by atoms with Gasteiger partial charge in [-0.15, -0.1) is 0 Å². The Morgan fingerprint density at radius 2 is 1.68 bits per heavy atom. The molecule has 9 heteroatoms. The second kappa shape index (κ2) is 10.1. The molecular formula is C29H32N6O3. The molecule has 196 valence electrons. The zero-order valence-corrected chi connectivity index (χ0v) is 22.2. The Kier molecular flexibility index (Phi) is 7.06. The Morgan fingerprint density at radius 1 is 1.08 bits per heavy atom. The number of nitrogens with one attached hydrogen (secondary N) is 1. The maximum absolute atomic E-state index is 12.9. The summed E-state index contributed by atoms with van der Waals surface area (Å²) in [5.74, 6) is -0.0803. The molecule has 2 aromatic heterocycles. The molecular weight excluding hydrogens is 480 g/mol. The maximum atomic E-state index is 12.9. The fourth-order valence-corrected chi connectivity index (χ4v) is 4.50. The van der Waals surface area contributed by atoms with Crippen molar-refractivity contribution in [1.82, 2.24) is 19.4 Å². The van der Waals surface area contributed by atoms with Crippen molar-refractivity contribution >= 4 is 34.4 Å². The number of carbonyl (C=O) groups is 2. The SMILES string of the molecule is C=C(C)C(=O)Nc1ccc(-c2c(-c3ccc(C(=O)N(C)CC(C)(C)O)cc3)c3c(N)ncnc3n2C)cc1. The molecule has 0 saturated heterocycles. The van der Waals surface area contributed by atoms with Crippen LogP contribution >= 0.6 is 0 Å². The molecule has 0 radical (unpaired) electrons. The zero-order chi connectivity index (χ0) is 27.8. The molecule has 0 unspecified atom stereocenters. The molecule has 4 aromatic rings. The third-order valence-corrected chi connectivity index (χ3v) is 6.19. The van der Waals surface area contributed by atoms with Crippen LogP contribution in [0.5, 0.6) is 0 Å². The molecule has 2 heterocycles. The van der Waals surface area contributed by atoms with Crippen molar-refractivity contribution < 1.29 is 14.7 Å². The highest BCUT2D eigenvalue weighted by Crippen LogP contribution is 2.41. The first kappa shape index (κ1) is 26.6. The third kappa shape index (κ3) is 5.28. The van der Waals surface area contributed by atoms with Crippen LogP contribution in [0.15, 0.2) is 67.0 Å². The molecule has 0 aliphatic heterocycles. The average molecular weight is 513 g/mol. The van der Waals surface area contributed by atoms with E-state index in [-0.39, 0.29) is 18.4 Å². The van der Waals surface area contributed by atoms with E-state index in [0.29, 0.717) is 33.7 Å². The average Bonchev–Trinajstić information content (AvgIpc) is 3.16. The molecule has 0 fully saturated rings. The number of fused-ring (bicyclic) bond motifs is 1. The van der Waals surface area contributed by atoms with Gasteiger partial charge in [-0.1, -0.05) is 30.8 Å². The number of hydrogen-bond acceptors (Lipinski definition) is 6. The Labute approximate surface area is 221 Å². The van der Waals surface area contributed by atoms with Crippen molar-refractivity contribution in [2.24, 2.45) is 7.05 Å². The molecule has 0 bridgehead atoms. The van der Waals surface area contributed by atoms with Crippen molar-refractivity contribution in [1.29, 1.82) is 0 Å². The highest BCUT2D eigenvalue weighted by molar-refractivity contribution is 6.08. The molecule has 0 atom stereocenters. The lowest BCUT2D eigenvalue weighted by molar-refractivity contribution is -0.112. The van der Waals surface area contributed by atoms with Crippen LogP contribution in [0.1, 0.15) is 31.1 Å². The molecule has 4 N–H and O–H groups in total.